The summed E-state index contributed by atoms with van der Waals surface area (Å²) in [6.45, 7) is 2.11. The summed E-state index contributed by atoms with van der Waals surface area (Å²) >= 11 is 0.458. The molecule has 0 heterocycles. The van der Waals surface area contributed by atoms with Crippen LogP contribution in [0.2, 0.25) is 0 Å². The van der Waals surface area contributed by atoms with E-state index in [1.807, 2.05) is 20.8 Å². The Kier molecular flexibility index (Phi) is 5.81. The van der Waals surface area contributed by atoms with Gasteiger partial charge in [-0.3, -0.25) is 0 Å². The first-order valence-electron chi connectivity index (χ1n) is 6.70. The van der Waals surface area contributed by atoms with Crippen LogP contribution in [0.25, 0.3) is 0 Å². The van der Waals surface area contributed by atoms with Gasteiger partial charge in [0.2, 0.25) is 0 Å². The van der Waals surface area contributed by atoms with Gasteiger partial charge >= 0.3 is 131 Å². The molecule has 22 heavy (non-hydrogen) atoms. The number of hydrogen-bond donors (Lipinski definition) is 0. The van der Waals surface area contributed by atoms with Crippen molar-refractivity contribution >= 4 is 23.5 Å². The Labute approximate surface area is 131 Å². The van der Waals surface area contributed by atoms with Gasteiger partial charge in [-0.05, 0) is 0 Å². The molecule has 0 fully saturated rings. The predicted molar refractivity (Wildman–Crippen MR) is 79.0 cm³/mol. The molecule has 0 radical (unpaired) electrons. The number of nitro benzene ring substituents is 2. The summed E-state index contributed by atoms with van der Waals surface area (Å²) in [4.78, 5) is 20.9. The van der Waals surface area contributed by atoms with E-state index < -0.39 is 16.7 Å². The van der Waals surface area contributed by atoms with Crippen LogP contribution in [0.15, 0.2) is 18.2 Å². The van der Waals surface area contributed by atoms with Crippen LogP contribution in [0.1, 0.15) is 20.8 Å². The second-order valence-corrected chi connectivity index (χ2v) is 11.2. The van der Waals surface area contributed by atoms with E-state index in [0.717, 1.165) is 6.07 Å². The average Bonchev–Trinajstić information content (AvgIpc) is 2.52. The SMILES string of the molecule is CCP(CC)(CC)(O[Cl+][O-])c1ccc([N+](=O)[O-])cc1[N+](=O)[O-]. The summed E-state index contributed by atoms with van der Waals surface area (Å²) in [6, 6.07) is 3.52. The fraction of sp³-hybridized carbons (Fsp3) is 0.500. The maximum atomic E-state index is 11.4. The molecule has 0 aromatic heterocycles. The van der Waals surface area contributed by atoms with Gasteiger partial charge in [-0.2, -0.15) is 0 Å². The Hall–Kier alpha value is -1.34. The number of nitrogens with zero attached hydrogens (tertiary/aromatic N) is 2. The molecule has 0 amide bonds. The van der Waals surface area contributed by atoms with Crippen LogP contribution in [0.4, 0.5) is 11.4 Å². The van der Waals surface area contributed by atoms with Crippen LogP contribution in [0, 0.1) is 31.6 Å². The molecule has 0 aliphatic carbocycles. The second kappa shape index (κ2) is 6.83. The first kappa shape index (κ1) is 18.7. The Morgan fingerprint density at radius 1 is 1.09 bits per heavy atom. The fourth-order valence-electron chi connectivity index (χ4n) is 2.69. The number of rotatable bonds is 8. The molecule has 0 unspecified atom stereocenters. The van der Waals surface area contributed by atoms with Crippen molar-refractivity contribution in [3.63, 3.8) is 0 Å². The third-order valence-corrected chi connectivity index (χ3v) is 12.1. The molecule has 0 N–H and O–H groups in total. The third kappa shape index (κ3) is 2.92. The zero-order chi connectivity index (χ0) is 17.0. The minimum atomic E-state index is -3.34. The van der Waals surface area contributed by atoms with Crippen LogP contribution in [0.5, 0.6) is 0 Å². The van der Waals surface area contributed by atoms with Crippen LogP contribution in [-0.2, 0) is 4.08 Å². The van der Waals surface area contributed by atoms with Crippen LogP contribution in [0.3, 0.4) is 0 Å². The third-order valence-electron chi connectivity index (χ3n) is 4.39. The summed E-state index contributed by atoms with van der Waals surface area (Å²) in [5, 5.41) is 22.6. The van der Waals surface area contributed by atoms with Gasteiger partial charge in [-0.1, -0.05) is 0 Å². The van der Waals surface area contributed by atoms with Crippen molar-refractivity contribution < 1.29 is 29.9 Å². The Morgan fingerprint density at radius 2 is 1.64 bits per heavy atom. The van der Waals surface area contributed by atoms with Gasteiger partial charge in [-0.25, -0.2) is 0 Å². The van der Waals surface area contributed by atoms with E-state index in [1.165, 1.54) is 12.1 Å². The van der Waals surface area contributed by atoms with Crippen molar-refractivity contribution in [3.05, 3.63) is 38.4 Å². The molecule has 8 nitrogen and oxygen atoms in total. The quantitative estimate of drug-likeness (QED) is 0.400. The van der Waals surface area contributed by atoms with Gasteiger partial charge in [0.15, 0.2) is 0 Å². The summed E-state index contributed by atoms with van der Waals surface area (Å²) in [5.41, 5.74) is -0.725. The molecule has 1 aromatic carbocycles. The van der Waals surface area contributed by atoms with Crippen molar-refractivity contribution in [2.24, 2.45) is 0 Å². The normalized spacial score (nSPS) is 13.4. The van der Waals surface area contributed by atoms with E-state index in [-0.39, 0.29) is 11.4 Å². The molecule has 0 aliphatic rings. The van der Waals surface area contributed by atoms with E-state index in [9.17, 15) is 24.9 Å². The summed E-state index contributed by atoms with van der Waals surface area (Å²) < 4.78 is 16.6. The molecule has 1 aromatic rings. The fourth-order valence-corrected chi connectivity index (χ4v) is 8.29. The Morgan fingerprint density at radius 3 is 2.00 bits per heavy atom. The predicted octanol–water partition coefficient (Wildman–Crippen LogP) is 1.95. The number of non-ortho nitro benzene ring substituents is 1. The molecule has 1 rings (SSSR count). The first-order valence-corrected chi connectivity index (χ1v) is 10.0. The Balaban J connectivity index is 3.76. The van der Waals surface area contributed by atoms with E-state index in [2.05, 4.69) is 0 Å². The molecule has 0 saturated carbocycles. The topological polar surface area (TPSA) is 119 Å². The minimum absolute atomic E-state index is 0.303. The summed E-state index contributed by atoms with van der Waals surface area (Å²) in [7, 11) is 0. The van der Waals surface area contributed by atoms with Crippen LogP contribution in [-0.4, -0.2) is 28.3 Å². The summed E-state index contributed by atoms with van der Waals surface area (Å²) in [5.74, 6) is 0. The molecule has 10 heteroatoms. The van der Waals surface area contributed by atoms with Crippen molar-refractivity contribution in [2.45, 2.75) is 20.8 Å². The molecule has 0 spiro atoms. The van der Waals surface area contributed by atoms with Gasteiger partial charge in [0.25, 0.3) is 0 Å². The monoisotopic (exact) mass is 352 g/mol. The number of nitro groups is 2. The first-order chi connectivity index (χ1) is 10.3. The number of halogens is 1. The van der Waals surface area contributed by atoms with Gasteiger partial charge in [0.05, 0.1) is 0 Å². The van der Waals surface area contributed by atoms with Crippen molar-refractivity contribution in [2.75, 3.05) is 18.5 Å². The molecular formula is C12H18ClN2O6P. The van der Waals surface area contributed by atoms with E-state index >= 15 is 0 Å². The Bertz CT molecular complexity index is 582. The second-order valence-electron chi connectivity index (χ2n) is 4.89. The zero-order valence-electron chi connectivity index (χ0n) is 12.5. The van der Waals surface area contributed by atoms with E-state index in [1.54, 1.807) is 0 Å². The van der Waals surface area contributed by atoms with Gasteiger partial charge in [0.1, 0.15) is 0 Å². The van der Waals surface area contributed by atoms with Gasteiger partial charge in [0, 0.05) is 0 Å². The summed E-state index contributed by atoms with van der Waals surface area (Å²) in [6.07, 6.45) is 1.31. The molecule has 124 valence electrons. The molecule has 0 saturated heterocycles. The number of benzene rings is 1. The van der Waals surface area contributed by atoms with Crippen LogP contribution < -0.4 is 9.96 Å². The van der Waals surface area contributed by atoms with Crippen molar-refractivity contribution in [3.8, 4) is 0 Å². The standard InChI is InChI=1S/C12H18ClN2O6P/c1-4-22(5-2,6-3,21-13-16)12-8-7-10(14(17)18)9-11(12)15(19)20/h7-9H,4-6H2,1-3H3. The zero-order valence-corrected chi connectivity index (χ0v) is 14.2. The maximum absolute atomic E-state index is 11.4. The van der Waals surface area contributed by atoms with Crippen LogP contribution >= 0.6 is 6.83 Å². The van der Waals surface area contributed by atoms with Gasteiger partial charge < -0.3 is 0 Å². The van der Waals surface area contributed by atoms with E-state index in [0.29, 0.717) is 35.1 Å². The molecule has 0 bridgehead atoms. The molecule has 0 aliphatic heterocycles. The van der Waals surface area contributed by atoms with Crippen molar-refractivity contribution in [1.29, 1.82) is 0 Å². The average molecular weight is 353 g/mol. The molecule has 0 atom stereocenters. The number of hydrogen-bond acceptors (Lipinski definition) is 6. The molecular weight excluding hydrogens is 335 g/mol. The van der Waals surface area contributed by atoms with E-state index in [4.69, 9.17) is 4.08 Å². The van der Waals surface area contributed by atoms with Gasteiger partial charge in [-0.15, -0.1) is 0 Å². The van der Waals surface area contributed by atoms with Crippen molar-refractivity contribution in [1.82, 2.24) is 0 Å².